The van der Waals surface area contributed by atoms with Crippen LogP contribution in [0.3, 0.4) is 0 Å². The molecular formula is C24H23FN6O. The van der Waals surface area contributed by atoms with Crippen molar-refractivity contribution >= 4 is 16.6 Å². The Bertz CT molecular complexity index is 1220. The van der Waals surface area contributed by atoms with Gasteiger partial charge in [0.25, 0.3) is 0 Å². The number of benzene rings is 1. The number of pyridine rings is 1. The lowest BCUT2D eigenvalue weighted by molar-refractivity contribution is 0.0846. The zero-order valence-corrected chi connectivity index (χ0v) is 17.8. The molecule has 0 saturated carbocycles. The average molecular weight is 430 g/mol. The lowest BCUT2D eigenvalue weighted by Crippen LogP contribution is -2.16. The largest absolute Gasteiger partial charge is 0.381 e. The minimum Gasteiger partial charge on any atom is -0.381 e. The molecule has 162 valence electrons. The molecule has 5 rings (SSSR count). The summed E-state index contributed by atoms with van der Waals surface area (Å²) in [5.74, 6) is 0.622. The molecular weight excluding hydrogens is 407 g/mol. The van der Waals surface area contributed by atoms with Crippen molar-refractivity contribution in [2.24, 2.45) is 0 Å². The lowest BCUT2D eigenvalue weighted by atomic mass is 9.92. The Morgan fingerprint density at radius 1 is 0.969 bits per heavy atom. The first-order valence-electron chi connectivity index (χ1n) is 10.7. The van der Waals surface area contributed by atoms with E-state index in [1.165, 1.54) is 12.3 Å². The van der Waals surface area contributed by atoms with E-state index < -0.39 is 0 Å². The Balaban J connectivity index is 1.55. The Labute approximate surface area is 185 Å². The molecule has 32 heavy (non-hydrogen) atoms. The van der Waals surface area contributed by atoms with Crippen molar-refractivity contribution in [3.05, 3.63) is 71.6 Å². The number of hydrogen-bond acceptors (Lipinski definition) is 7. The summed E-state index contributed by atoms with van der Waals surface area (Å²) in [6, 6.07) is 13.1. The van der Waals surface area contributed by atoms with Gasteiger partial charge in [-0.05, 0) is 50.1 Å². The van der Waals surface area contributed by atoms with Crippen LogP contribution in [0.15, 0.2) is 48.7 Å². The molecule has 1 saturated heterocycles. The normalized spacial score (nSPS) is 14.6. The molecule has 0 aliphatic carbocycles. The van der Waals surface area contributed by atoms with Gasteiger partial charge in [-0.3, -0.25) is 4.98 Å². The molecule has 1 aromatic carbocycles. The minimum atomic E-state index is -0.358. The molecule has 0 spiro atoms. The molecule has 7 nitrogen and oxygen atoms in total. The molecule has 8 heteroatoms. The SMILES string of the molecule is Cc1ccc(CNc2nnc(C3CCOCC3)c3ccc(-c4ccc(F)cn4)cc23)nn1. The van der Waals surface area contributed by atoms with Crippen molar-refractivity contribution in [1.29, 1.82) is 0 Å². The predicted octanol–water partition coefficient (Wildman–Crippen LogP) is 4.44. The molecule has 0 bridgehead atoms. The number of nitrogens with one attached hydrogen (secondary N) is 1. The van der Waals surface area contributed by atoms with E-state index in [1.807, 2.05) is 31.2 Å². The minimum absolute atomic E-state index is 0.311. The molecule has 0 radical (unpaired) electrons. The first-order valence-corrected chi connectivity index (χ1v) is 10.7. The van der Waals surface area contributed by atoms with Crippen LogP contribution in [0.1, 0.15) is 35.8 Å². The Morgan fingerprint density at radius 2 is 1.84 bits per heavy atom. The van der Waals surface area contributed by atoms with E-state index in [9.17, 15) is 4.39 Å². The molecule has 1 aliphatic rings. The number of ether oxygens (including phenoxy) is 1. The summed E-state index contributed by atoms with van der Waals surface area (Å²) in [7, 11) is 0. The fourth-order valence-corrected chi connectivity index (χ4v) is 3.98. The van der Waals surface area contributed by atoms with E-state index in [1.54, 1.807) is 6.07 Å². The smallest absolute Gasteiger partial charge is 0.156 e. The number of hydrogen-bond donors (Lipinski definition) is 1. The number of nitrogens with zero attached hydrogens (tertiary/aromatic N) is 5. The highest BCUT2D eigenvalue weighted by atomic mass is 19.1. The first kappa shape index (κ1) is 20.4. The number of halogens is 1. The molecule has 1 aliphatic heterocycles. The highest BCUT2D eigenvalue weighted by molar-refractivity contribution is 5.96. The number of rotatable bonds is 5. The summed E-state index contributed by atoms with van der Waals surface area (Å²) >= 11 is 0. The van der Waals surface area contributed by atoms with Crippen LogP contribution in [0.5, 0.6) is 0 Å². The maximum Gasteiger partial charge on any atom is 0.156 e. The molecule has 0 unspecified atom stereocenters. The van der Waals surface area contributed by atoms with Crippen molar-refractivity contribution in [3.8, 4) is 11.3 Å². The molecule has 0 atom stereocenters. The van der Waals surface area contributed by atoms with Gasteiger partial charge < -0.3 is 10.1 Å². The Kier molecular flexibility index (Phi) is 5.68. The second-order valence-corrected chi connectivity index (χ2v) is 7.96. The summed E-state index contributed by atoms with van der Waals surface area (Å²) in [4.78, 5) is 4.23. The van der Waals surface area contributed by atoms with Crippen molar-refractivity contribution in [2.45, 2.75) is 32.2 Å². The third kappa shape index (κ3) is 4.27. The van der Waals surface area contributed by atoms with Crippen molar-refractivity contribution in [3.63, 3.8) is 0 Å². The van der Waals surface area contributed by atoms with E-state index in [-0.39, 0.29) is 5.82 Å². The van der Waals surface area contributed by atoms with Crippen LogP contribution in [0, 0.1) is 12.7 Å². The van der Waals surface area contributed by atoms with E-state index in [0.29, 0.717) is 24.0 Å². The standard InChI is InChI=1S/C24H23FN6O/c1-15-2-5-19(29-28-15)14-27-24-21-12-17(22-7-4-18(25)13-26-22)3-6-20(21)23(30-31-24)16-8-10-32-11-9-16/h2-7,12-13,16H,8-11,14H2,1H3,(H,27,31). The Hall–Kier alpha value is -3.52. The molecule has 1 fully saturated rings. The molecule has 0 amide bonds. The van der Waals surface area contributed by atoms with Gasteiger partial charge in [-0.1, -0.05) is 12.1 Å². The van der Waals surface area contributed by atoms with Crippen LogP contribution in [0.2, 0.25) is 0 Å². The van der Waals surface area contributed by atoms with Crippen LogP contribution in [-0.4, -0.2) is 38.6 Å². The van der Waals surface area contributed by atoms with Gasteiger partial charge >= 0.3 is 0 Å². The highest BCUT2D eigenvalue weighted by Gasteiger charge is 2.22. The zero-order valence-electron chi connectivity index (χ0n) is 17.8. The van der Waals surface area contributed by atoms with E-state index >= 15 is 0 Å². The van der Waals surface area contributed by atoms with Crippen LogP contribution in [0.25, 0.3) is 22.0 Å². The van der Waals surface area contributed by atoms with Gasteiger partial charge in [0.2, 0.25) is 0 Å². The first-order chi connectivity index (χ1) is 15.7. The summed E-state index contributed by atoms with van der Waals surface area (Å²) in [6.07, 6.45) is 3.08. The number of aryl methyl sites for hydroxylation is 1. The molecule has 1 N–H and O–H groups in total. The van der Waals surface area contributed by atoms with Gasteiger partial charge in [-0.25, -0.2) is 4.39 Å². The Morgan fingerprint density at radius 3 is 2.59 bits per heavy atom. The van der Waals surface area contributed by atoms with Gasteiger partial charge in [0, 0.05) is 35.5 Å². The fraction of sp³-hybridized carbons (Fsp3) is 0.292. The van der Waals surface area contributed by atoms with Crippen molar-refractivity contribution in [1.82, 2.24) is 25.4 Å². The summed E-state index contributed by atoms with van der Waals surface area (Å²) in [6.45, 7) is 3.85. The van der Waals surface area contributed by atoms with Crippen LogP contribution < -0.4 is 5.32 Å². The van der Waals surface area contributed by atoms with Gasteiger partial charge in [0.05, 0.1) is 35.5 Å². The third-order valence-corrected chi connectivity index (χ3v) is 5.73. The second-order valence-electron chi connectivity index (χ2n) is 7.96. The third-order valence-electron chi connectivity index (χ3n) is 5.73. The topological polar surface area (TPSA) is 85.7 Å². The summed E-state index contributed by atoms with van der Waals surface area (Å²) in [5, 5.41) is 22.8. The number of aromatic nitrogens is 5. The fourth-order valence-electron chi connectivity index (χ4n) is 3.98. The van der Waals surface area contributed by atoms with Crippen LogP contribution in [0.4, 0.5) is 10.2 Å². The molecule has 4 heterocycles. The molecule has 3 aromatic heterocycles. The summed E-state index contributed by atoms with van der Waals surface area (Å²) in [5.41, 5.74) is 4.27. The summed E-state index contributed by atoms with van der Waals surface area (Å²) < 4.78 is 18.9. The lowest BCUT2D eigenvalue weighted by Gasteiger charge is -2.23. The van der Waals surface area contributed by atoms with E-state index in [4.69, 9.17) is 4.74 Å². The molecule has 4 aromatic rings. The average Bonchev–Trinajstić information content (AvgIpc) is 2.84. The van der Waals surface area contributed by atoms with Crippen LogP contribution in [-0.2, 0) is 11.3 Å². The van der Waals surface area contributed by atoms with Crippen molar-refractivity contribution in [2.75, 3.05) is 18.5 Å². The van der Waals surface area contributed by atoms with Gasteiger partial charge in [0.15, 0.2) is 5.82 Å². The predicted molar refractivity (Wildman–Crippen MR) is 120 cm³/mol. The van der Waals surface area contributed by atoms with Crippen LogP contribution >= 0.6 is 0 Å². The second kappa shape index (κ2) is 8.92. The zero-order chi connectivity index (χ0) is 21.9. The maximum atomic E-state index is 13.4. The quantitative estimate of drug-likeness (QED) is 0.501. The van der Waals surface area contributed by atoms with E-state index in [0.717, 1.165) is 59.5 Å². The van der Waals surface area contributed by atoms with Crippen molar-refractivity contribution < 1.29 is 9.13 Å². The van der Waals surface area contributed by atoms with Gasteiger partial charge in [-0.2, -0.15) is 15.3 Å². The maximum absolute atomic E-state index is 13.4. The highest BCUT2D eigenvalue weighted by Crippen LogP contribution is 2.35. The van der Waals surface area contributed by atoms with Gasteiger partial charge in [0.1, 0.15) is 5.82 Å². The van der Waals surface area contributed by atoms with E-state index in [2.05, 4.69) is 36.8 Å². The number of anilines is 1. The number of fused-ring (bicyclic) bond motifs is 1. The monoisotopic (exact) mass is 430 g/mol. The van der Waals surface area contributed by atoms with Gasteiger partial charge in [-0.15, -0.1) is 5.10 Å².